The number of aromatic carboxylic acids is 1. The summed E-state index contributed by atoms with van der Waals surface area (Å²) >= 11 is 0. The zero-order valence-electron chi connectivity index (χ0n) is 16.5. The Hall–Kier alpha value is -3.99. The van der Waals surface area contributed by atoms with Crippen molar-refractivity contribution >= 4 is 22.8 Å². The summed E-state index contributed by atoms with van der Waals surface area (Å²) in [6, 6.07) is 22.7. The van der Waals surface area contributed by atoms with Gasteiger partial charge >= 0.3 is 11.9 Å². The van der Waals surface area contributed by atoms with Gasteiger partial charge in [0.1, 0.15) is 0 Å². The summed E-state index contributed by atoms with van der Waals surface area (Å²) in [5.41, 5.74) is 5.07. The Balaban J connectivity index is 1.86. The third kappa shape index (κ3) is 3.42. The van der Waals surface area contributed by atoms with Gasteiger partial charge in [-0.15, -0.1) is 0 Å². The van der Waals surface area contributed by atoms with Crippen LogP contribution in [-0.2, 0) is 4.74 Å². The number of carbonyl (C=O) groups is 2. The molecule has 0 saturated heterocycles. The van der Waals surface area contributed by atoms with Crippen molar-refractivity contribution in [3.63, 3.8) is 0 Å². The first kappa shape index (κ1) is 19.3. The molecule has 1 N–H and O–H groups in total. The number of fused-ring (bicyclic) bond motifs is 1. The van der Waals surface area contributed by atoms with Gasteiger partial charge in [-0.1, -0.05) is 54.6 Å². The predicted molar refractivity (Wildman–Crippen MR) is 116 cm³/mol. The smallest absolute Gasteiger partial charge is 0.337 e. The van der Waals surface area contributed by atoms with E-state index in [1.807, 2.05) is 54.6 Å². The highest BCUT2D eigenvalue weighted by atomic mass is 16.5. The fourth-order valence-electron chi connectivity index (χ4n) is 3.61. The molecule has 0 saturated carbocycles. The molecule has 0 atom stereocenters. The summed E-state index contributed by atoms with van der Waals surface area (Å²) < 4.78 is 4.75. The zero-order chi connectivity index (χ0) is 21.3. The topological polar surface area (TPSA) is 76.5 Å². The molecule has 0 unspecified atom stereocenters. The van der Waals surface area contributed by atoms with E-state index in [4.69, 9.17) is 9.72 Å². The van der Waals surface area contributed by atoms with Crippen LogP contribution in [-0.4, -0.2) is 29.1 Å². The fourth-order valence-corrected chi connectivity index (χ4v) is 3.61. The number of carbonyl (C=O) groups excluding carboxylic acids is 1. The highest BCUT2D eigenvalue weighted by Crippen LogP contribution is 2.31. The number of esters is 1. The van der Waals surface area contributed by atoms with E-state index in [1.165, 1.54) is 13.2 Å². The maximum absolute atomic E-state index is 12.1. The zero-order valence-corrected chi connectivity index (χ0v) is 16.5. The molecular weight excluding hydrogens is 378 g/mol. The number of hydrogen-bond acceptors (Lipinski definition) is 4. The molecule has 0 bridgehead atoms. The molecule has 0 aliphatic carbocycles. The van der Waals surface area contributed by atoms with E-state index in [0.29, 0.717) is 22.2 Å². The number of carboxylic acid groups (broad SMARTS) is 1. The lowest BCUT2D eigenvalue weighted by Crippen LogP contribution is -2.07. The molecule has 0 radical (unpaired) electrons. The molecule has 0 fully saturated rings. The Morgan fingerprint density at radius 1 is 0.867 bits per heavy atom. The Kier molecular flexibility index (Phi) is 5.02. The highest BCUT2D eigenvalue weighted by molar-refractivity contribution is 6.07. The maximum Gasteiger partial charge on any atom is 0.337 e. The normalized spacial score (nSPS) is 10.7. The lowest BCUT2D eigenvalue weighted by molar-refractivity contribution is 0.0599. The van der Waals surface area contributed by atoms with Gasteiger partial charge in [-0.2, -0.15) is 0 Å². The summed E-state index contributed by atoms with van der Waals surface area (Å²) in [5.74, 6) is -1.59. The van der Waals surface area contributed by atoms with Crippen molar-refractivity contribution in [2.24, 2.45) is 0 Å². The van der Waals surface area contributed by atoms with Crippen LogP contribution in [0, 0.1) is 6.92 Å². The summed E-state index contributed by atoms with van der Waals surface area (Å²) in [5, 5.41) is 10.3. The first-order valence-electron chi connectivity index (χ1n) is 9.41. The number of carboxylic acids is 1. The summed E-state index contributed by atoms with van der Waals surface area (Å²) in [6.07, 6.45) is 0. The van der Waals surface area contributed by atoms with Crippen LogP contribution in [0.15, 0.2) is 72.8 Å². The van der Waals surface area contributed by atoms with Gasteiger partial charge in [-0.05, 0) is 41.8 Å². The van der Waals surface area contributed by atoms with Gasteiger partial charge < -0.3 is 9.84 Å². The number of methoxy groups -OCH3 is 1. The quantitative estimate of drug-likeness (QED) is 0.469. The minimum atomic E-state index is -1.07. The Bertz CT molecular complexity index is 1260. The minimum Gasteiger partial charge on any atom is -0.478 e. The summed E-state index contributed by atoms with van der Waals surface area (Å²) in [7, 11) is 1.29. The van der Waals surface area contributed by atoms with Crippen molar-refractivity contribution in [3.05, 3.63) is 89.5 Å². The second-order valence-electron chi connectivity index (χ2n) is 6.93. The average molecular weight is 397 g/mol. The molecule has 4 rings (SSSR count). The van der Waals surface area contributed by atoms with Crippen LogP contribution in [0.1, 0.15) is 26.3 Å². The average Bonchev–Trinajstić information content (AvgIpc) is 2.78. The van der Waals surface area contributed by atoms with Crippen LogP contribution in [0.25, 0.3) is 33.3 Å². The van der Waals surface area contributed by atoms with Crippen molar-refractivity contribution in [1.29, 1.82) is 0 Å². The van der Waals surface area contributed by atoms with E-state index >= 15 is 0 Å². The van der Waals surface area contributed by atoms with Crippen molar-refractivity contribution < 1.29 is 19.4 Å². The second kappa shape index (κ2) is 7.79. The van der Waals surface area contributed by atoms with E-state index in [0.717, 1.165) is 16.7 Å². The number of nitrogens with zero attached hydrogens (tertiary/aromatic N) is 1. The largest absolute Gasteiger partial charge is 0.478 e. The molecule has 5 heteroatoms. The van der Waals surface area contributed by atoms with E-state index in [2.05, 4.69) is 0 Å². The van der Waals surface area contributed by atoms with E-state index in [9.17, 15) is 14.7 Å². The lowest BCUT2D eigenvalue weighted by Gasteiger charge is -2.13. The van der Waals surface area contributed by atoms with E-state index < -0.39 is 11.9 Å². The van der Waals surface area contributed by atoms with E-state index in [-0.39, 0.29) is 11.1 Å². The number of ether oxygens (including phenoxy) is 1. The molecule has 0 spiro atoms. The Morgan fingerprint density at radius 2 is 1.50 bits per heavy atom. The van der Waals surface area contributed by atoms with Gasteiger partial charge in [0, 0.05) is 10.9 Å². The van der Waals surface area contributed by atoms with Gasteiger partial charge in [0.25, 0.3) is 0 Å². The predicted octanol–water partition coefficient (Wildman–Crippen LogP) is 5.36. The maximum atomic E-state index is 12.1. The van der Waals surface area contributed by atoms with Crippen molar-refractivity contribution in [3.8, 4) is 22.4 Å². The first-order chi connectivity index (χ1) is 14.5. The van der Waals surface area contributed by atoms with Crippen LogP contribution in [0.4, 0.5) is 0 Å². The minimum absolute atomic E-state index is 0.132. The van der Waals surface area contributed by atoms with Crippen LogP contribution in [0.5, 0.6) is 0 Å². The van der Waals surface area contributed by atoms with Gasteiger partial charge in [0.05, 0.1) is 29.4 Å². The van der Waals surface area contributed by atoms with Crippen molar-refractivity contribution in [2.45, 2.75) is 6.92 Å². The summed E-state index contributed by atoms with van der Waals surface area (Å²) in [4.78, 5) is 28.6. The molecule has 4 aromatic rings. The molecule has 148 valence electrons. The monoisotopic (exact) mass is 397 g/mol. The summed E-state index contributed by atoms with van der Waals surface area (Å²) in [6.45, 7) is 1.74. The molecule has 5 nitrogen and oxygen atoms in total. The number of aromatic nitrogens is 1. The number of benzene rings is 3. The molecule has 0 aliphatic rings. The molecule has 3 aromatic carbocycles. The van der Waals surface area contributed by atoms with Crippen LogP contribution in [0.3, 0.4) is 0 Å². The van der Waals surface area contributed by atoms with Gasteiger partial charge in [0.2, 0.25) is 0 Å². The van der Waals surface area contributed by atoms with Crippen LogP contribution < -0.4 is 0 Å². The number of pyridine rings is 1. The molecule has 0 amide bonds. The Labute approximate surface area is 173 Å². The number of rotatable bonds is 4. The lowest BCUT2D eigenvalue weighted by atomic mass is 9.95. The van der Waals surface area contributed by atoms with Gasteiger partial charge in [-0.3, -0.25) is 0 Å². The van der Waals surface area contributed by atoms with Crippen molar-refractivity contribution in [2.75, 3.05) is 7.11 Å². The van der Waals surface area contributed by atoms with Gasteiger partial charge in [0.15, 0.2) is 0 Å². The molecule has 30 heavy (non-hydrogen) atoms. The van der Waals surface area contributed by atoms with Crippen LogP contribution >= 0.6 is 0 Å². The fraction of sp³-hybridized carbons (Fsp3) is 0.0800. The second-order valence-corrected chi connectivity index (χ2v) is 6.93. The SMILES string of the molecule is COC(=O)c1ccc2nc(-c3ccc(-c4ccccc4)cc3)c(C)c(C(=O)O)c2c1. The Morgan fingerprint density at radius 3 is 2.13 bits per heavy atom. The molecule has 1 heterocycles. The molecule has 0 aliphatic heterocycles. The molecular formula is C25H19NO4. The highest BCUT2D eigenvalue weighted by Gasteiger charge is 2.20. The van der Waals surface area contributed by atoms with Gasteiger partial charge in [-0.25, -0.2) is 14.6 Å². The van der Waals surface area contributed by atoms with Crippen LogP contribution in [0.2, 0.25) is 0 Å². The third-order valence-electron chi connectivity index (χ3n) is 5.13. The standard InChI is InChI=1S/C25H19NO4/c1-15-22(24(27)28)20-14-19(25(29)30-2)12-13-21(20)26-23(15)18-10-8-17(9-11-18)16-6-4-3-5-7-16/h3-14H,1-2H3,(H,27,28). The van der Waals surface area contributed by atoms with Crippen molar-refractivity contribution in [1.82, 2.24) is 4.98 Å². The van der Waals surface area contributed by atoms with E-state index in [1.54, 1.807) is 19.1 Å². The third-order valence-corrected chi connectivity index (χ3v) is 5.13. The molecule has 1 aromatic heterocycles. The number of hydrogen-bond donors (Lipinski definition) is 1. The first-order valence-corrected chi connectivity index (χ1v) is 9.41.